The Bertz CT molecular complexity index is 325. The highest BCUT2D eigenvalue weighted by molar-refractivity contribution is 7.89. The third kappa shape index (κ3) is 2.96. The molecule has 16 heavy (non-hydrogen) atoms. The van der Waals surface area contributed by atoms with Gasteiger partial charge in [-0.15, -0.1) is 0 Å². The second-order valence-corrected chi connectivity index (χ2v) is 7.05. The molecule has 1 saturated carbocycles. The van der Waals surface area contributed by atoms with Gasteiger partial charge in [-0.3, -0.25) is 0 Å². The van der Waals surface area contributed by atoms with Gasteiger partial charge in [0.1, 0.15) is 0 Å². The van der Waals surface area contributed by atoms with Crippen LogP contribution in [0, 0.1) is 5.92 Å². The lowest BCUT2D eigenvalue weighted by Crippen LogP contribution is -2.41. The van der Waals surface area contributed by atoms with Gasteiger partial charge in [-0.05, 0) is 32.2 Å². The first-order valence-electron chi connectivity index (χ1n) is 6.27. The molecule has 1 unspecified atom stereocenters. The highest BCUT2D eigenvalue weighted by Gasteiger charge is 2.34. The number of likely N-dealkylation sites (N-methyl/N-ethyl adjacent to an activating group) is 1. The Labute approximate surface area is 98.4 Å². The maximum Gasteiger partial charge on any atom is 0.214 e. The topological polar surface area (TPSA) is 49.4 Å². The van der Waals surface area contributed by atoms with Gasteiger partial charge in [0.25, 0.3) is 0 Å². The van der Waals surface area contributed by atoms with Crippen LogP contribution in [0.4, 0.5) is 0 Å². The molecule has 0 aromatic rings. The summed E-state index contributed by atoms with van der Waals surface area (Å²) in [5.41, 5.74) is 0. The van der Waals surface area contributed by atoms with Crippen LogP contribution in [0.2, 0.25) is 0 Å². The van der Waals surface area contributed by atoms with E-state index in [0.29, 0.717) is 11.7 Å². The molecular weight excluding hydrogens is 224 g/mol. The van der Waals surface area contributed by atoms with Gasteiger partial charge < -0.3 is 5.32 Å². The second-order valence-electron chi connectivity index (χ2n) is 5.01. The smallest absolute Gasteiger partial charge is 0.214 e. The van der Waals surface area contributed by atoms with Crippen LogP contribution in [0.25, 0.3) is 0 Å². The summed E-state index contributed by atoms with van der Waals surface area (Å²) < 4.78 is 26.0. The van der Waals surface area contributed by atoms with Crippen molar-refractivity contribution in [2.75, 3.05) is 25.9 Å². The summed E-state index contributed by atoms with van der Waals surface area (Å²) in [6.45, 7) is 1.50. The minimum atomic E-state index is -2.99. The van der Waals surface area contributed by atoms with Crippen molar-refractivity contribution in [2.45, 2.75) is 38.1 Å². The maximum atomic E-state index is 12.1. The molecule has 0 spiro atoms. The normalized spacial score (nSPS) is 27.4. The minimum absolute atomic E-state index is 0.189. The van der Waals surface area contributed by atoms with Crippen molar-refractivity contribution in [3.63, 3.8) is 0 Å². The van der Waals surface area contributed by atoms with Crippen molar-refractivity contribution in [1.82, 2.24) is 9.62 Å². The largest absolute Gasteiger partial charge is 0.318 e. The molecule has 1 aliphatic heterocycles. The van der Waals surface area contributed by atoms with Gasteiger partial charge in [0.05, 0.1) is 5.75 Å². The maximum absolute atomic E-state index is 12.1. The van der Waals surface area contributed by atoms with E-state index in [1.54, 1.807) is 4.31 Å². The summed E-state index contributed by atoms with van der Waals surface area (Å²) in [5, 5.41) is 3.08. The molecule has 2 aliphatic rings. The Morgan fingerprint density at radius 2 is 2.06 bits per heavy atom. The Hall–Kier alpha value is -0.130. The zero-order chi connectivity index (χ0) is 11.6. The average molecular weight is 246 g/mol. The second kappa shape index (κ2) is 5.02. The fourth-order valence-electron chi connectivity index (χ4n) is 2.45. The lowest BCUT2D eigenvalue weighted by Gasteiger charge is -2.23. The molecule has 1 heterocycles. The van der Waals surface area contributed by atoms with E-state index in [4.69, 9.17) is 0 Å². The third-order valence-electron chi connectivity index (χ3n) is 3.60. The van der Waals surface area contributed by atoms with Crippen molar-refractivity contribution in [1.29, 1.82) is 0 Å². The standard InChI is InChI=1S/C11H22N2O2S/c1-12-9-11-3-2-7-13(11)16(14,15)8-6-10-4-5-10/h10-12H,2-9H2,1H3. The summed E-state index contributed by atoms with van der Waals surface area (Å²) in [6.07, 6.45) is 5.34. The van der Waals surface area contributed by atoms with Crippen molar-refractivity contribution in [3.05, 3.63) is 0 Å². The van der Waals surface area contributed by atoms with Gasteiger partial charge in [0, 0.05) is 19.1 Å². The van der Waals surface area contributed by atoms with Crippen LogP contribution in [0.1, 0.15) is 32.1 Å². The fraction of sp³-hybridized carbons (Fsp3) is 1.00. The highest BCUT2D eigenvalue weighted by atomic mass is 32.2. The Morgan fingerprint density at radius 3 is 2.69 bits per heavy atom. The molecule has 5 heteroatoms. The molecule has 2 fully saturated rings. The molecule has 0 aromatic heterocycles. The Kier molecular flexibility index (Phi) is 3.87. The number of hydrogen-bond donors (Lipinski definition) is 1. The molecular formula is C11H22N2O2S. The first kappa shape index (κ1) is 12.3. The molecule has 0 aromatic carbocycles. The zero-order valence-electron chi connectivity index (χ0n) is 9.98. The molecule has 2 rings (SSSR count). The third-order valence-corrected chi connectivity index (χ3v) is 5.55. The van der Waals surface area contributed by atoms with Gasteiger partial charge in [0.2, 0.25) is 10.0 Å². The van der Waals surface area contributed by atoms with Crippen molar-refractivity contribution < 1.29 is 8.42 Å². The number of nitrogens with one attached hydrogen (secondary N) is 1. The van der Waals surface area contributed by atoms with Crippen LogP contribution in [0.5, 0.6) is 0 Å². The first-order valence-corrected chi connectivity index (χ1v) is 7.88. The molecule has 0 bridgehead atoms. The molecule has 1 atom stereocenters. The summed E-state index contributed by atoms with van der Waals surface area (Å²) in [6, 6.07) is 0.189. The van der Waals surface area contributed by atoms with Gasteiger partial charge in [-0.25, -0.2) is 8.42 Å². The van der Waals surface area contributed by atoms with Crippen molar-refractivity contribution in [3.8, 4) is 0 Å². The summed E-state index contributed by atoms with van der Waals surface area (Å²) in [5.74, 6) is 1.05. The molecule has 4 nitrogen and oxygen atoms in total. The van der Waals surface area contributed by atoms with Gasteiger partial charge in [0.15, 0.2) is 0 Å². The summed E-state index contributed by atoms with van der Waals surface area (Å²) >= 11 is 0. The molecule has 0 radical (unpaired) electrons. The highest BCUT2D eigenvalue weighted by Crippen LogP contribution is 2.33. The van der Waals surface area contributed by atoms with Gasteiger partial charge in [-0.2, -0.15) is 4.31 Å². The van der Waals surface area contributed by atoms with E-state index in [1.807, 2.05) is 7.05 Å². The average Bonchev–Trinajstić information content (AvgIpc) is 2.95. The van der Waals surface area contributed by atoms with E-state index < -0.39 is 10.0 Å². The van der Waals surface area contributed by atoms with E-state index in [1.165, 1.54) is 12.8 Å². The van der Waals surface area contributed by atoms with Crippen LogP contribution in [-0.2, 0) is 10.0 Å². The molecule has 0 amide bonds. The predicted octanol–water partition coefficient (Wildman–Crippen LogP) is 0.800. The number of rotatable bonds is 6. The van der Waals surface area contributed by atoms with Crippen molar-refractivity contribution in [2.24, 2.45) is 5.92 Å². The molecule has 94 valence electrons. The van der Waals surface area contributed by atoms with E-state index in [-0.39, 0.29) is 6.04 Å². The molecule has 1 aliphatic carbocycles. The molecule has 1 saturated heterocycles. The van der Waals surface area contributed by atoms with E-state index >= 15 is 0 Å². The lowest BCUT2D eigenvalue weighted by molar-refractivity contribution is 0.378. The van der Waals surface area contributed by atoms with E-state index in [9.17, 15) is 8.42 Å². The summed E-state index contributed by atoms with van der Waals surface area (Å²) in [7, 11) is -1.11. The van der Waals surface area contributed by atoms with Gasteiger partial charge in [-0.1, -0.05) is 12.8 Å². The number of nitrogens with zero attached hydrogens (tertiary/aromatic N) is 1. The van der Waals surface area contributed by atoms with Crippen LogP contribution in [0.15, 0.2) is 0 Å². The van der Waals surface area contributed by atoms with Crippen LogP contribution < -0.4 is 5.32 Å². The quantitative estimate of drug-likeness (QED) is 0.754. The SMILES string of the molecule is CNCC1CCCN1S(=O)(=O)CCC1CC1. The van der Waals surface area contributed by atoms with Crippen molar-refractivity contribution >= 4 is 10.0 Å². The number of sulfonamides is 1. The lowest BCUT2D eigenvalue weighted by atomic mass is 10.2. The Balaban J connectivity index is 1.91. The first-order chi connectivity index (χ1) is 7.63. The number of hydrogen-bond acceptors (Lipinski definition) is 3. The fourth-order valence-corrected chi connectivity index (χ4v) is 4.36. The summed E-state index contributed by atoms with van der Waals surface area (Å²) in [4.78, 5) is 0. The van der Waals surface area contributed by atoms with Crippen LogP contribution in [0.3, 0.4) is 0 Å². The van der Waals surface area contributed by atoms with Gasteiger partial charge >= 0.3 is 0 Å². The Morgan fingerprint density at radius 1 is 1.31 bits per heavy atom. The van der Waals surface area contributed by atoms with Crippen LogP contribution in [-0.4, -0.2) is 44.7 Å². The predicted molar refractivity (Wildman–Crippen MR) is 64.8 cm³/mol. The van der Waals surface area contributed by atoms with E-state index in [2.05, 4.69) is 5.32 Å². The monoisotopic (exact) mass is 246 g/mol. The zero-order valence-corrected chi connectivity index (χ0v) is 10.8. The van der Waals surface area contributed by atoms with Crippen LogP contribution >= 0.6 is 0 Å². The molecule has 1 N–H and O–H groups in total. The minimum Gasteiger partial charge on any atom is -0.318 e. The van der Waals surface area contributed by atoms with E-state index in [0.717, 1.165) is 32.4 Å².